The number of nitrogens with one attached hydrogen (secondary N) is 1. The van der Waals surface area contributed by atoms with E-state index in [9.17, 15) is 23.2 Å². The Morgan fingerprint density at radius 2 is 1.38 bits per heavy atom. The van der Waals surface area contributed by atoms with Crippen LogP contribution in [0.25, 0.3) is 11.1 Å². The summed E-state index contributed by atoms with van der Waals surface area (Å²) in [5.74, 6) is -2.87. The van der Waals surface area contributed by atoms with Crippen LogP contribution in [0.3, 0.4) is 0 Å². The third-order valence-electron chi connectivity index (χ3n) is 5.66. The van der Waals surface area contributed by atoms with Crippen molar-refractivity contribution in [1.82, 2.24) is 9.80 Å². The normalized spacial score (nSPS) is 14.4. The molecule has 4 rings (SSSR count). The molecule has 0 aromatic heterocycles. The van der Waals surface area contributed by atoms with E-state index in [2.05, 4.69) is 5.32 Å². The summed E-state index contributed by atoms with van der Waals surface area (Å²) in [6.45, 7) is 0.492. The number of hydrogen-bond acceptors (Lipinski definition) is 3. The van der Waals surface area contributed by atoms with Crippen LogP contribution in [0.5, 0.6) is 0 Å². The van der Waals surface area contributed by atoms with Crippen molar-refractivity contribution in [3.8, 4) is 11.1 Å². The van der Waals surface area contributed by atoms with Gasteiger partial charge in [-0.05, 0) is 41.5 Å². The molecule has 8 heteroatoms. The summed E-state index contributed by atoms with van der Waals surface area (Å²) < 4.78 is 28.0. The Labute approximate surface area is 195 Å². The molecule has 34 heavy (non-hydrogen) atoms. The molecule has 1 heterocycles. The van der Waals surface area contributed by atoms with Crippen LogP contribution in [0.2, 0.25) is 0 Å². The van der Waals surface area contributed by atoms with Crippen molar-refractivity contribution in [1.29, 1.82) is 0 Å². The summed E-state index contributed by atoms with van der Waals surface area (Å²) in [5.41, 5.74) is 2.54. The number of carbonyl (C=O) groups excluding carboxylic acids is 3. The zero-order valence-corrected chi connectivity index (χ0v) is 18.3. The number of hydrogen-bond donors (Lipinski definition) is 1. The lowest BCUT2D eigenvalue weighted by atomic mass is 10.1. The minimum absolute atomic E-state index is 0.0827. The number of rotatable bonds is 5. The second kappa shape index (κ2) is 10.2. The van der Waals surface area contributed by atoms with Gasteiger partial charge < -0.3 is 15.1 Å². The molecule has 1 atom stereocenters. The molecule has 3 amide bonds. The minimum Gasteiger partial charge on any atom is -0.336 e. The fourth-order valence-corrected chi connectivity index (χ4v) is 3.79. The summed E-state index contributed by atoms with van der Waals surface area (Å²) in [7, 11) is 0. The van der Waals surface area contributed by atoms with Gasteiger partial charge in [0.25, 0.3) is 23.9 Å². The van der Waals surface area contributed by atoms with E-state index in [1.807, 2.05) is 30.3 Å². The monoisotopic (exact) mass is 463 g/mol. The van der Waals surface area contributed by atoms with Crippen LogP contribution in [0.4, 0.5) is 14.5 Å². The van der Waals surface area contributed by atoms with Crippen molar-refractivity contribution in [3.63, 3.8) is 0 Å². The summed E-state index contributed by atoms with van der Waals surface area (Å²) in [6.07, 6.45) is -2.36. The SMILES string of the molecule is O=C(Nc1ccc(-c2ccccc2)cc1)C(F)C(=O)N1CCN(C(=O)c2cccc(F)c2)CC1. The number of anilines is 1. The van der Waals surface area contributed by atoms with Gasteiger partial charge in [0, 0.05) is 37.4 Å². The van der Waals surface area contributed by atoms with E-state index in [-0.39, 0.29) is 37.6 Å². The fraction of sp³-hybridized carbons (Fsp3) is 0.192. The molecule has 1 unspecified atom stereocenters. The number of piperazine rings is 1. The molecule has 3 aromatic rings. The van der Waals surface area contributed by atoms with Gasteiger partial charge in [-0.1, -0.05) is 48.5 Å². The molecule has 0 saturated carbocycles. The van der Waals surface area contributed by atoms with Gasteiger partial charge in [-0.2, -0.15) is 0 Å². The number of halogens is 2. The average molecular weight is 463 g/mol. The van der Waals surface area contributed by atoms with Crippen molar-refractivity contribution >= 4 is 23.4 Å². The highest BCUT2D eigenvalue weighted by Gasteiger charge is 2.33. The lowest BCUT2D eigenvalue weighted by Crippen LogP contribution is -2.53. The summed E-state index contributed by atoms with van der Waals surface area (Å²) in [5, 5.41) is 2.43. The van der Waals surface area contributed by atoms with E-state index in [4.69, 9.17) is 0 Å². The maximum absolute atomic E-state index is 14.6. The third kappa shape index (κ3) is 5.28. The standard InChI is InChI=1S/C26H23F2N3O3/c27-21-8-4-7-20(17-21)25(33)30-13-15-31(16-14-30)26(34)23(28)24(32)29-22-11-9-19(10-12-22)18-5-2-1-3-6-18/h1-12,17,23H,13-16H2,(H,29,32). The topological polar surface area (TPSA) is 69.7 Å². The lowest BCUT2D eigenvalue weighted by Gasteiger charge is -2.35. The summed E-state index contributed by atoms with van der Waals surface area (Å²) in [6, 6.07) is 21.9. The Morgan fingerprint density at radius 1 is 0.765 bits per heavy atom. The molecule has 1 saturated heterocycles. The van der Waals surface area contributed by atoms with Gasteiger partial charge in [0.1, 0.15) is 5.82 Å². The molecule has 1 aliphatic heterocycles. The fourth-order valence-electron chi connectivity index (χ4n) is 3.79. The Hall–Kier alpha value is -4.07. The Bertz CT molecular complexity index is 1180. The van der Waals surface area contributed by atoms with Crippen molar-refractivity contribution in [2.24, 2.45) is 0 Å². The Morgan fingerprint density at radius 3 is 2.03 bits per heavy atom. The van der Waals surface area contributed by atoms with Crippen LogP contribution in [-0.4, -0.2) is 59.9 Å². The molecule has 0 spiro atoms. The van der Waals surface area contributed by atoms with E-state index >= 15 is 0 Å². The quantitative estimate of drug-likeness (QED) is 0.586. The summed E-state index contributed by atoms with van der Waals surface area (Å²) in [4.78, 5) is 40.0. The molecule has 0 aliphatic carbocycles. The molecular weight excluding hydrogens is 440 g/mol. The molecule has 1 fully saturated rings. The van der Waals surface area contributed by atoms with Gasteiger partial charge in [-0.3, -0.25) is 14.4 Å². The van der Waals surface area contributed by atoms with Crippen molar-refractivity contribution in [2.75, 3.05) is 31.5 Å². The average Bonchev–Trinajstić information content (AvgIpc) is 2.88. The smallest absolute Gasteiger partial charge is 0.268 e. The Balaban J connectivity index is 1.30. The van der Waals surface area contributed by atoms with E-state index in [0.29, 0.717) is 5.69 Å². The molecule has 0 radical (unpaired) electrons. The zero-order valence-electron chi connectivity index (χ0n) is 18.3. The van der Waals surface area contributed by atoms with Crippen molar-refractivity contribution in [2.45, 2.75) is 6.17 Å². The lowest BCUT2D eigenvalue weighted by molar-refractivity contribution is -0.142. The number of benzene rings is 3. The van der Waals surface area contributed by atoms with Gasteiger partial charge in [0.05, 0.1) is 0 Å². The first-order valence-corrected chi connectivity index (χ1v) is 10.9. The van der Waals surface area contributed by atoms with Crippen molar-refractivity contribution in [3.05, 3.63) is 90.2 Å². The van der Waals surface area contributed by atoms with Crippen LogP contribution in [0.15, 0.2) is 78.9 Å². The zero-order chi connectivity index (χ0) is 24.1. The Kier molecular flexibility index (Phi) is 6.96. The highest BCUT2D eigenvalue weighted by atomic mass is 19.1. The maximum Gasteiger partial charge on any atom is 0.268 e. The molecule has 0 bridgehead atoms. The van der Waals surface area contributed by atoms with Crippen LogP contribution in [-0.2, 0) is 9.59 Å². The predicted molar refractivity (Wildman–Crippen MR) is 124 cm³/mol. The highest BCUT2D eigenvalue weighted by Crippen LogP contribution is 2.21. The number of nitrogens with zero attached hydrogens (tertiary/aromatic N) is 2. The molecule has 1 N–H and O–H groups in total. The van der Waals surface area contributed by atoms with E-state index in [1.165, 1.54) is 28.0 Å². The van der Waals surface area contributed by atoms with Crippen LogP contribution in [0, 0.1) is 5.82 Å². The van der Waals surface area contributed by atoms with Gasteiger partial charge >= 0.3 is 0 Å². The van der Waals surface area contributed by atoms with Gasteiger partial charge in [0.15, 0.2) is 0 Å². The van der Waals surface area contributed by atoms with Gasteiger partial charge in [-0.15, -0.1) is 0 Å². The second-order valence-electron chi connectivity index (χ2n) is 7.92. The molecule has 174 valence electrons. The number of alkyl halides is 1. The summed E-state index contributed by atoms with van der Waals surface area (Å²) >= 11 is 0. The van der Waals surface area contributed by atoms with Crippen LogP contribution >= 0.6 is 0 Å². The van der Waals surface area contributed by atoms with Crippen LogP contribution in [0.1, 0.15) is 10.4 Å². The van der Waals surface area contributed by atoms with E-state index < -0.39 is 23.8 Å². The molecule has 3 aromatic carbocycles. The molecular formula is C26H23F2N3O3. The van der Waals surface area contributed by atoms with Crippen LogP contribution < -0.4 is 5.32 Å². The highest BCUT2D eigenvalue weighted by molar-refractivity contribution is 6.09. The number of carbonyl (C=O) groups is 3. The maximum atomic E-state index is 14.6. The first-order valence-electron chi connectivity index (χ1n) is 10.9. The minimum atomic E-state index is -2.36. The van der Waals surface area contributed by atoms with E-state index in [0.717, 1.165) is 17.2 Å². The molecule has 1 aliphatic rings. The van der Waals surface area contributed by atoms with Gasteiger partial charge in [-0.25, -0.2) is 8.78 Å². The molecule has 6 nitrogen and oxygen atoms in total. The first-order chi connectivity index (χ1) is 16.4. The number of amides is 3. The second-order valence-corrected chi connectivity index (χ2v) is 7.92. The van der Waals surface area contributed by atoms with E-state index in [1.54, 1.807) is 24.3 Å². The van der Waals surface area contributed by atoms with Crippen molar-refractivity contribution < 1.29 is 23.2 Å². The largest absolute Gasteiger partial charge is 0.336 e. The predicted octanol–water partition coefficient (Wildman–Crippen LogP) is 3.75. The first kappa shape index (κ1) is 23.1. The van der Waals surface area contributed by atoms with Gasteiger partial charge in [0.2, 0.25) is 0 Å². The third-order valence-corrected chi connectivity index (χ3v) is 5.66.